The third-order valence-corrected chi connectivity index (χ3v) is 0.0956. The third kappa shape index (κ3) is 24.0. The SMILES string of the molecule is N#CC(=O)O.[Fe].[Fe]. The van der Waals surface area contributed by atoms with Gasteiger partial charge in [-0.3, -0.25) is 0 Å². The van der Waals surface area contributed by atoms with Gasteiger partial charge in [0.1, 0.15) is 0 Å². The van der Waals surface area contributed by atoms with E-state index < -0.39 is 5.97 Å². The van der Waals surface area contributed by atoms with Crippen LogP contribution in [0.15, 0.2) is 0 Å². The van der Waals surface area contributed by atoms with Gasteiger partial charge in [-0.15, -0.1) is 0 Å². The van der Waals surface area contributed by atoms with E-state index in [4.69, 9.17) is 15.2 Å². The van der Waals surface area contributed by atoms with E-state index in [0.717, 1.165) is 6.07 Å². The van der Waals surface area contributed by atoms with E-state index in [1.807, 2.05) is 0 Å². The fourth-order valence-corrected chi connectivity index (χ4v) is 0. The summed E-state index contributed by atoms with van der Waals surface area (Å²) in [7, 11) is 0. The Kier molecular flexibility index (Phi) is 21.1. The molecule has 0 radical (unpaired) electrons. The van der Waals surface area contributed by atoms with Gasteiger partial charge >= 0.3 is 5.97 Å². The minimum Gasteiger partial charge on any atom is -0.470 e. The number of nitriles is 1. The average molecular weight is 183 g/mol. The molecular weight excluding hydrogens is 182 g/mol. The van der Waals surface area contributed by atoms with Crippen LogP contribution in [0.4, 0.5) is 0 Å². The van der Waals surface area contributed by atoms with Crippen molar-refractivity contribution in [3.8, 4) is 6.07 Å². The Morgan fingerprint density at radius 3 is 1.71 bits per heavy atom. The van der Waals surface area contributed by atoms with Crippen LogP contribution in [0.2, 0.25) is 0 Å². The van der Waals surface area contributed by atoms with Crippen LogP contribution in [0, 0.1) is 11.3 Å². The summed E-state index contributed by atoms with van der Waals surface area (Å²) in [6.45, 7) is 0. The molecule has 42 valence electrons. The first-order chi connectivity index (χ1) is 2.27. The molecule has 0 aliphatic carbocycles. The van der Waals surface area contributed by atoms with Crippen molar-refractivity contribution in [2.45, 2.75) is 0 Å². The molecule has 0 spiro atoms. The zero-order chi connectivity index (χ0) is 4.28. The van der Waals surface area contributed by atoms with Gasteiger partial charge in [-0.1, -0.05) is 0 Å². The Morgan fingerprint density at radius 1 is 1.57 bits per heavy atom. The number of hydrogen-bond donors (Lipinski definition) is 1. The van der Waals surface area contributed by atoms with E-state index in [1.54, 1.807) is 0 Å². The van der Waals surface area contributed by atoms with Crippen molar-refractivity contribution in [1.29, 1.82) is 5.26 Å². The maximum atomic E-state index is 9.01. The molecule has 0 aromatic heterocycles. The van der Waals surface area contributed by atoms with Crippen molar-refractivity contribution < 1.29 is 44.0 Å². The predicted octanol–water partition coefficient (Wildman–Crippen LogP) is -0.410. The monoisotopic (exact) mass is 183 g/mol. The molecule has 0 amide bonds. The number of rotatable bonds is 0. The number of carbonyl (C=O) groups is 1. The van der Waals surface area contributed by atoms with Crippen LogP contribution >= 0.6 is 0 Å². The van der Waals surface area contributed by atoms with Crippen molar-refractivity contribution in [1.82, 2.24) is 0 Å². The van der Waals surface area contributed by atoms with Crippen molar-refractivity contribution in [2.24, 2.45) is 0 Å². The van der Waals surface area contributed by atoms with Gasteiger partial charge in [0, 0.05) is 34.1 Å². The van der Waals surface area contributed by atoms with Crippen LogP contribution in [-0.4, -0.2) is 11.1 Å². The molecule has 5 heteroatoms. The predicted molar refractivity (Wildman–Crippen MR) is 13.2 cm³/mol. The minimum absolute atomic E-state index is 0. The molecule has 0 aliphatic heterocycles. The van der Waals surface area contributed by atoms with Gasteiger partial charge < -0.3 is 5.11 Å². The van der Waals surface area contributed by atoms with Gasteiger partial charge in [0.2, 0.25) is 0 Å². The summed E-state index contributed by atoms with van der Waals surface area (Å²) < 4.78 is 0. The summed E-state index contributed by atoms with van der Waals surface area (Å²) in [5, 5.41) is 14.7. The standard InChI is InChI=1S/C2HNO2.2Fe/c3-1-2(4)5;;/h(H,4,5);;. The van der Waals surface area contributed by atoms with E-state index in [2.05, 4.69) is 0 Å². The Morgan fingerprint density at radius 2 is 1.71 bits per heavy atom. The van der Waals surface area contributed by atoms with Crippen LogP contribution in [0.3, 0.4) is 0 Å². The van der Waals surface area contributed by atoms with Crippen molar-refractivity contribution in [3.05, 3.63) is 0 Å². The third-order valence-electron chi connectivity index (χ3n) is 0.0956. The molecule has 1 N–H and O–H groups in total. The first-order valence-electron chi connectivity index (χ1n) is 0.901. The second-order valence-electron chi connectivity index (χ2n) is 0.417. The van der Waals surface area contributed by atoms with Gasteiger partial charge in [-0.2, -0.15) is 5.26 Å². The maximum Gasteiger partial charge on any atom is 0.408 e. The zero-order valence-corrected chi connectivity index (χ0v) is 5.22. The summed E-state index contributed by atoms with van der Waals surface area (Å²) in [5.74, 6) is -1.44. The molecule has 0 aromatic rings. The average Bonchev–Trinajstić information content (AvgIpc) is 1.38. The first kappa shape index (κ1) is 15.8. The number of carboxylic acids is 1. The number of aliphatic carboxylic acids is 1. The summed E-state index contributed by atoms with van der Waals surface area (Å²) in [4.78, 5) is 9.01. The summed E-state index contributed by atoms with van der Waals surface area (Å²) in [6, 6.07) is 0.944. The molecular formula is C2HFe2NO2. The molecule has 3 nitrogen and oxygen atoms in total. The summed E-state index contributed by atoms with van der Waals surface area (Å²) in [6.07, 6.45) is 0. The van der Waals surface area contributed by atoms with E-state index in [1.165, 1.54) is 0 Å². The summed E-state index contributed by atoms with van der Waals surface area (Å²) >= 11 is 0. The molecule has 0 saturated carbocycles. The number of nitrogens with zero attached hydrogens (tertiary/aromatic N) is 1. The normalized spacial score (nSPS) is 3.86. The van der Waals surface area contributed by atoms with Gasteiger partial charge in [-0.05, 0) is 0 Å². The molecule has 0 bridgehead atoms. The van der Waals surface area contributed by atoms with Crippen molar-refractivity contribution >= 4 is 5.97 Å². The van der Waals surface area contributed by atoms with Crippen molar-refractivity contribution in [2.75, 3.05) is 0 Å². The van der Waals surface area contributed by atoms with Crippen LogP contribution in [0.5, 0.6) is 0 Å². The molecule has 0 rings (SSSR count). The molecule has 0 fully saturated rings. The second-order valence-corrected chi connectivity index (χ2v) is 0.417. The minimum atomic E-state index is -1.44. The molecule has 0 unspecified atom stereocenters. The quantitative estimate of drug-likeness (QED) is 0.315. The van der Waals surface area contributed by atoms with Gasteiger partial charge in [0.25, 0.3) is 0 Å². The molecule has 0 heterocycles. The van der Waals surface area contributed by atoms with Gasteiger partial charge in [0.15, 0.2) is 6.07 Å². The Labute approximate surface area is 61.6 Å². The van der Waals surface area contributed by atoms with Crippen LogP contribution < -0.4 is 0 Å². The fourth-order valence-electron chi connectivity index (χ4n) is 0. The molecule has 7 heavy (non-hydrogen) atoms. The van der Waals surface area contributed by atoms with E-state index >= 15 is 0 Å². The van der Waals surface area contributed by atoms with Gasteiger partial charge in [0.05, 0.1) is 0 Å². The topological polar surface area (TPSA) is 61.1 Å². The van der Waals surface area contributed by atoms with Crippen LogP contribution in [0.25, 0.3) is 0 Å². The van der Waals surface area contributed by atoms with Crippen LogP contribution in [-0.2, 0) is 38.9 Å². The largest absolute Gasteiger partial charge is 0.470 e. The first-order valence-corrected chi connectivity index (χ1v) is 0.901. The van der Waals surface area contributed by atoms with Crippen molar-refractivity contribution in [3.63, 3.8) is 0 Å². The Bertz CT molecular complexity index is 86.2. The van der Waals surface area contributed by atoms with Crippen LogP contribution in [0.1, 0.15) is 0 Å². The molecule has 0 saturated heterocycles. The van der Waals surface area contributed by atoms with E-state index in [-0.39, 0.29) is 34.1 Å². The molecule has 0 atom stereocenters. The van der Waals surface area contributed by atoms with E-state index in [0.29, 0.717) is 0 Å². The number of carboxylic acid groups (broad SMARTS) is 1. The summed E-state index contributed by atoms with van der Waals surface area (Å²) in [5.41, 5.74) is 0. The molecule has 0 aliphatic rings. The molecule has 0 aromatic carbocycles. The zero-order valence-electron chi connectivity index (χ0n) is 3.01. The Balaban J connectivity index is -0.0000000800. The number of hydrogen-bond acceptors (Lipinski definition) is 2. The maximum absolute atomic E-state index is 9.01. The fraction of sp³-hybridized carbons (Fsp3) is 0. The smallest absolute Gasteiger partial charge is 0.408 e. The second kappa shape index (κ2) is 9.37. The Hall–Kier alpha value is -0.00104. The van der Waals surface area contributed by atoms with Gasteiger partial charge in [-0.25, -0.2) is 4.79 Å². The van der Waals surface area contributed by atoms with E-state index in [9.17, 15) is 0 Å².